The number of hydrogen-bond donors (Lipinski definition) is 2. The highest BCUT2D eigenvalue weighted by Crippen LogP contribution is 2.22. The molecule has 0 saturated carbocycles. The number of halogens is 2. The first kappa shape index (κ1) is 17.8. The third-order valence-electron chi connectivity index (χ3n) is 3.23. The number of rotatable bonds is 4. The van der Waals surface area contributed by atoms with Crippen LogP contribution in [-0.2, 0) is 12.8 Å². The third kappa shape index (κ3) is 4.33. The lowest BCUT2D eigenvalue weighted by Crippen LogP contribution is -2.25. The molecule has 0 atom stereocenters. The van der Waals surface area contributed by atoms with E-state index >= 15 is 0 Å². The van der Waals surface area contributed by atoms with Gasteiger partial charge in [-0.2, -0.15) is 0 Å². The monoisotopic (exact) mass is 345 g/mol. The number of carbonyl (C=O) groups excluding carboxylic acids is 1. The summed E-state index contributed by atoms with van der Waals surface area (Å²) in [5.74, 6) is -0.00932. The maximum atomic E-state index is 12.0. The fourth-order valence-corrected chi connectivity index (χ4v) is 2.81. The molecule has 1 aromatic heterocycles. The minimum atomic E-state index is -0.00932. The van der Waals surface area contributed by atoms with Crippen molar-refractivity contribution in [1.29, 1.82) is 0 Å². The summed E-state index contributed by atoms with van der Waals surface area (Å²) in [6.07, 6.45) is 1.77. The van der Waals surface area contributed by atoms with Crippen LogP contribution in [0.4, 0.5) is 5.69 Å². The van der Waals surface area contributed by atoms with Gasteiger partial charge >= 0.3 is 0 Å². The van der Waals surface area contributed by atoms with Crippen molar-refractivity contribution in [2.45, 2.75) is 12.8 Å². The molecule has 0 saturated heterocycles. The zero-order valence-corrected chi connectivity index (χ0v) is 13.7. The Bertz CT molecular complexity index is 590. The maximum Gasteiger partial charge on any atom is 0.251 e. The van der Waals surface area contributed by atoms with Crippen LogP contribution in [0.1, 0.15) is 21.6 Å². The second-order valence-electron chi connectivity index (χ2n) is 4.53. The van der Waals surface area contributed by atoms with Crippen molar-refractivity contribution >= 4 is 47.7 Å². The standard InChI is InChI=1S/C14H15N3OS.2ClH/c18-14(16-6-4-12-8-19-9-17-12)11-1-2-13-10(7-11)3-5-15-13;;/h1-2,7-9,15H,3-6H2,(H,16,18);2*1H. The topological polar surface area (TPSA) is 54.0 Å². The molecule has 21 heavy (non-hydrogen) atoms. The highest BCUT2D eigenvalue weighted by atomic mass is 35.5. The van der Waals surface area contributed by atoms with Crippen LogP contribution >= 0.6 is 36.2 Å². The Morgan fingerprint density at radius 3 is 3.00 bits per heavy atom. The van der Waals surface area contributed by atoms with Crippen molar-refractivity contribution in [3.05, 3.63) is 45.9 Å². The molecule has 1 aliphatic heterocycles. The minimum absolute atomic E-state index is 0. The van der Waals surface area contributed by atoms with Gasteiger partial charge in [0.25, 0.3) is 5.91 Å². The highest BCUT2D eigenvalue weighted by molar-refractivity contribution is 7.07. The first-order valence-corrected chi connectivity index (χ1v) is 7.29. The van der Waals surface area contributed by atoms with Gasteiger partial charge in [0, 0.05) is 36.1 Å². The summed E-state index contributed by atoms with van der Waals surface area (Å²) in [7, 11) is 0. The Morgan fingerprint density at radius 1 is 1.38 bits per heavy atom. The lowest BCUT2D eigenvalue weighted by atomic mass is 10.1. The van der Waals surface area contributed by atoms with E-state index in [2.05, 4.69) is 15.6 Å². The van der Waals surface area contributed by atoms with E-state index in [0.717, 1.165) is 36.3 Å². The van der Waals surface area contributed by atoms with E-state index in [1.807, 2.05) is 29.1 Å². The molecule has 2 aromatic rings. The Labute approximate surface area is 140 Å². The van der Waals surface area contributed by atoms with Crippen molar-refractivity contribution in [3.63, 3.8) is 0 Å². The van der Waals surface area contributed by atoms with E-state index in [0.29, 0.717) is 6.54 Å². The van der Waals surface area contributed by atoms with E-state index < -0.39 is 0 Å². The van der Waals surface area contributed by atoms with Crippen LogP contribution in [0, 0.1) is 0 Å². The number of carbonyl (C=O) groups is 1. The summed E-state index contributed by atoms with van der Waals surface area (Å²) in [6.45, 7) is 1.59. The minimum Gasteiger partial charge on any atom is -0.384 e. The smallest absolute Gasteiger partial charge is 0.251 e. The average Bonchev–Trinajstić information content (AvgIpc) is 3.08. The van der Waals surface area contributed by atoms with Crippen LogP contribution in [0.2, 0.25) is 0 Å². The Kier molecular flexibility index (Phi) is 6.95. The summed E-state index contributed by atoms with van der Waals surface area (Å²) < 4.78 is 0. The van der Waals surface area contributed by atoms with Crippen LogP contribution in [0.25, 0.3) is 0 Å². The fourth-order valence-electron chi connectivity index (χ4n) is 2.21. The Balaban J connectivity index is 0.00000110. The van der Waals surface area contributed by atoms with E-state index in [4.69, 9.17) is 0 Å². The van der Waals surface area contributed by atoms with Crippen molar-refractivity contribution < 1.29 is 4.79 Å². The number of hydrogen-bond acceptors (Lipinski definition) is 4. The molecule has 1 aromatic carbocycles. The number of aromatic nitrogens is 1. The first-order valence-electron chi connectivity index (χ1n) is 6.35. The number of nitrogens with one attached hydrogen (secondary N) is 2. The van der Waals surface area contributed by atoms with Crippen molar-refractivity contribution in [2.24, 2.45) is 0 Å². The summed E-state index contributed by atoms with van der Waals surface area (Å²) in [6, 6.07) is 5.83. The van der Waals surface area contributed by atoms with Crippen molar-refractivity contribution in [3.8, 4) is 0 Å². The summed E-state index contributed by atoms with van der Waals surface area (Å²) >= 11 is 1.58. The van der Waals surface area contributed by atoms with Gasteiger partial charge in [0.15, 0.2) is 0 Å². The molecular weight excluding hydrogens is 329 g/mol. The zero-order valence-electron chi connectivity index (χ0n) is 11.3. The second kappa shape index (κ2) is 8.22. The molecule has 0 fully saturated rings. The summed E-state index contributed by atoms with van der Waals surface area (Å²) in [4.78, 5) is 16.2. The second-order valence-corrected chi connectivity index (χ2v) is 5.25. The molecule has 0 spiro atoms. The normalized spacial score (nSPS) is 11.6. The molecule has 2 N–H and O–H groups in total. The molecule has 7 heteroatoms. The maximum absolute atomic E-state index is 12.0. The number of nitrogens with zero attached hydrogens (tertiary/aromatic N) is 1. The number of thiazole rings is 1. The quantitative estimate of drug-likeness (QED) is 0.895. The molecule has 0 bridgehead atoms. The largest absolute Gasteiger partial charge is 0.384 e. The predicted octanol–water partition coefficient (Wildman–Crippen LogP) is 2.93. The van der Waals surface area contributed by atoms with Gasteiger partial charge in [-0.15, -0.1) is 36.2 Å². The zero-order chi connectivity index (χ0) is 13.1. The lowest BCUT2D eigenvalue weighted by molar-refractivity contribution is 0.0954. The average molecular weight is 346 g/mol. The molecule has 3 rings (SSSR count). The molecule has 0 radical (unpaired) electrons. The summed E-state index contributed by atoms with van der Waals surface area (Å²) in [5, 5.41) is 8.23. The van der Waals surface area contributed by atoms with Crippen molar-refractivity contribution in [2.75, 3.05) is 18.4 Å². The highest BCUT2D eigenvalue weighted by Gasteiger charge is 2.13. The Morgan fingerprint density at radius 2 is 2.24 bits per heavy atom. The van der Waals surface area contributed by atoms with Crippen LogP contribution in [0.5, 0.6) is 0 Å². The molecule has 2 heterocycles. The molecule has 0 unspecified atom stereocenters. The van der Waals surface area contributed by atoms with Crippen LogP contribution < -0.4 is 10.6 Å². The van der Waals surface area contributed by atoms with Gasteiger partial charge in [-0.25, -0.2) is 4.98 Å². The molecule has 114 valence electrons. The number of benzene rings is 1. The van der Waals surface area contributed by atoms with E-state index in [-0.39, 0.29) is 30.7 Å². The summed E-state index contributed by atoms with van der Waals surface area (Å²) in [5.41, 5.74) is 5.96. The molecule has 4 nitrogen and oxygen atoms in total. The van der Waals surface area contributed by atoms with Gasteiger partial charge < -0.3 is 10.6 Å². The SMILES string of the molecule is Cl.Cl.O=C(NCCc1cscn1)c1ccc2c(c1)CCN2. The predicted molar refractivity (Wildman–Crippen MR) is 91.3 cm³/mol. The van der Waals surface area contributed by atoms with Crippen LogP contribution in [-0.4, -0.2) is 24.0 Å². The lowest BCUT2D eigenvalue weighted by Gasteiger charge is -2.06. The number of anilines is 1. The molecule has 0 aliphatic carbocycles. The molecule has 1 aliphatic rings. The molecule has 1 amide bonds. The van der Waals surface area contributed by atoms with Gasteiger partial charge in [0.2, 0.25) is 0 Å². The van der Waals surface area contributed by atoms with Gasteiger partial charge in [-0.1, -0.05) is 0 Å². The first-order chi connectivity index (χ1) is 9.33. The Hall–Kier alpha value is -1.30. The molecular formula is C14H17Cl2N3OS. The van der Waals surface area contributed by atoms with E-state index in [1.165, 1.54) is 5.56 Å². The van der Waals surface area contributed by atoms with Gasteiger partial charge in [-0.05, 0) is 30.2 Å². The van der Waals surface area contributed by atoms with Crippen molar-refractivity contribution in [1.82, 2.24) is 10.3 Å². The third-order valence-corrected chi connectivity index (χ3v) is 3.86. The van der Waals surface area contributed by atoms with Gasteiger partial charge in [0.1, 0.15) is 0 Å². The number of amides is 1. The van der Waals surface area contributed by atoms with Crippen LogP contribution in [0.15, 0.2) is 29.1 Å². The van der Waals surface area contributed by atoms with E-state index in [9.17, 15) is 4.79 Å². The van der Waals surface area contributed by atoms with Gasteiger partial charge in [-0.3, -0.25) is 4.79 Å². The van der Waals surface area contributed by atoms with E-state index in [1.54, 1.807) is 11.3 Å². The number of fused-ring (bicyclic) bond motifs is 1. The van der Waals surface area contributed by atoms with Crippen LogP contribution in [0.3, 0.4) is 0 Å². The van der Waals surface area contributed by atoms with Gasteiger partial charge in [0.05, 0.1) is 11.2 Å². The fraction of sp³-hybridized carbons (Fsp3) is 0.286.